The van der Waals surface area contributed by atoms with Crippen molar-refractivity contribution in [2.45, 2.75) is 25.5 Å². The largest absolute Gasteiger partial charge is 0.480 e. The molecule has 1 heterocycles. The molecule has 2 aliphatic rings. The van der Waals surface area contributed by atoms with Gasteiger partial charge in [0.25, 0.3) is 0 Å². The van der Waals surface area contributed by atoms with Crippen molar-refractivity contribution >= 4 is 12.1 Å². The second-order valence-electron chi connectivity index (χ2n) is 5.46. The van der Waals surface area contributed by atoms with Crippen LogP contribution in [-0.2, 0) is 16.1 Å². The number of benzene rings is 1. The molecule has 20 heavy (non-hydrogen) atoms. The topological polar surface area (TPSA) is 66.8 Å². The molecular formula is C15H17NO4. The average Bonchev–Trinajstić information content (AvgIpc) is 3.23. The first-order valence-corrected chi connectivity index (χ1v) is 6.87. The van der Waals surface area contributed by atoms with Crippen molar-refractivity contribution in [1.29, 1.82) is 0 Å². The lowest BCUT2D eigenvalue weighted by atomic mass is 10.0. The SMILES string of the molecule is O=C(O)[C@@H]1[C@H]2C[C@H]2CCN1C(=O)OCc1ccccc1. The summed E-state index contributed by atoms with van der Waals surface area (Å²) in [5, 5.41) is 9.29. The molecule has 3 rings (SSSR count). The molecule has 1 aliphatic carbocycles. The molecule has 5 heteroatoms. The zero-order chi connectivity index (χ0) is 14.1. The number of rotatable bonds is 3. The molecule has 1 aliphatic heterocycles. The molecule has 5 nitrogen and oxygen atoms in total. The molecule has 0 aromatic heterocycles. The monoisotopic (exact) mass is 275 g/mol. The van der Waals surface area contributed by atoms with Crippen LogP contribution in [0.3, 0.4) is 0 Å². The van der Waals surface area contributed by atoms with Gasteiger partial charge in [-0.2, -0.15) is 0 Å². The molecule has 0 spiro atoms. The number of hydrogen-bond acceptors (Lipinski definition) is 3. The number of ether oxygens (including phenoxy) is 1. The van der Waals surface area contributed by atoms with E-state index in [1.165, 1.54) is 4.90 Å². The standard InChI is InChI=1S/C15H17NO4/c17-14(18)13-12-8-11(12)6-7-16(13)15(19)20-9-10-4-2-1-3-5-10/h1-5,11-13H,6-9H2,(H,17,18)/t11-,12+,13+/m1/s1. The minimum Gasteiger partial charge on any atom is -0.480 e. The van der Waals surface area contributed by atoms with Gasteiger partial charge in [-0.25, -0.2) is 9.59 Å². The Kier molecular flexibility index (Phi) is 3.34. The molecule has 0 unspecified atom stereocenters. The maximum Gasteiger partial charge on any atom is 0.410 e. The van der Waals surface area contributed by atoms with Gasteiger partial charge >= 0.3 is 12.1 Å². The van der Waals surface area contributed by atoms with Crippen LogP contribution < -0.4 is 0 Å². The molecule has 1 saturated heterocycles. The molecule has 0 radical (unpaired) electrons. The number of fused-ring (bicyclic) bond motifs is 1. The predicted molar refractivity (Wildman–Crippen MR) is 71.0 cm³/mol. The fourth-order valence-electron chi connectivity index (χ4n) is 2.99. The first kappa shape index (κ1) is 13.0. The summed E-state index contributed by atoms with van der Waals surface area (Å²) in [7, 11) is 0. The number of piperidine rings is 1. The Balaban J connectivity index is 1.62. The summed E-state index contributed by atoms with van der Waals surface area (Å²) in [6.45, 7) is 0.655. The quantitative estimate of drug-likeness (QED) is 0.917. The van der Waals surface area contributed by atoms with E-state index in [-0.39, 0.29) is 12.5 Å². The first-order chi connectivity index (χ1) is 9.66. The van der Waals surface area contributed by atoms with Gasteiger partial charge in [0.1, 0.15) is 12.6 Å². The number of aliphatic carboxylic acids is 1. The third-order valence-electron chi connectivity index (χ3n) is 4.15. The lowest BCUT2D eigenvalue weighted by Crippen LogP contribution is -2.49. The number of likely N-dealkylation sites (tertiary alicyclic amines) is 1. The minimum absolute atomic E-state index is 0.116. The maximum atomic E-state index is 12.1. The number of amides is 1. The van der Waals surface area contributed by atoms with Gasteiger partial charge in [-0.1, -0.05) is 30.3 Å². The van der Waals surface area contributed by atoms with E-state index in [9.17, 15) is 14.7 Å². The molecule has 1 aromatic rings. The zero-order valence-electron chi connectivity index (χ0n) is 11.1. The van der Waals surface area contributed by atoms with E-state index in [2.05, 4.69) is 0 Å². The lowest BCUT2D eigenvalue weighted by molar-refractivity contribution is -0.144. The van der Waals surface area contributed by atoms with Gasteiger partial charge in [0.15, 0.2) is 0 Å². The Morgan fingerprint density at radius 1 is 1.30 bits per heavy atom. The summed E-state index contributed by atoms with van der Waals surface area (Å²) in [4.78, 5) is 24.8. The van der Waals surface area contributed by atoms with Crippen LogP contribution in [0.1, 0.15) is 18.4 Å². The number of hydrogen-bond donors (Lipinski definition) is 1. The van der Waals surface area contributed by atoms with Gasteiger partial charge in [0, 0.05) is 6.54 Å². The fraction of sp³-hybridized carbons (Fsp3) is 0.467. The van der Waals surface area contributed by atoms with Crippen molar-refractivity contribution in [3.05, 3.63) is 35.9 Å². The average molecular weight is 275 g/mol. The smallest absolute Gasteiger partial charge is 0.410 e. The van der Waals surface area contributed by atoms with E-state index < -0.39 is 18.1 Å². The number of carboxylic acids is 1. The van der Waals surface area contributed by atoms with Gasteiger partial charge in [-0.05, 0) is 30.2 Å². The van der Waals surface area contributed by atoms with Gasteiger partial charge in [-0.15, -0.1) is 0 Å². The zero-order valence-corrected chi connectivity index (χ0v) is 11.1. The molecule has 106 valence electrons. The van der Waals surface area contributed by atoms with Crippen LogP contribution in [0.15, 0.2) is 30.3 Å². The van der Waals surface area contributed by atoms with Crippen molar-refractivity contribution in [3.63, 3.8) is 0 Å². The Morgan fingerprint density at radius 2 is 2.05 bits per heavy atom. The van der Waals surface area contributed by atoms with E-state index in [4.69, 9.17) is 4.74 Å². The molecule has 1 N–H and O–H groups in total. The Bertz CT molecular complexity index is 516. The van der Waals surface area contributed by atoms with Gasteiger partial charge in [0.2, 0.25) is 0 Å². The van der Waals surface area contributed by atoms with Gasteiger partial charge in [0.05, 0.1) is 0 Å². The van der Waals surface area contributed by atoms with Crippen molar-refractivity contribution in [2.75, 3.05) is 6.54 Å². The Morgan fingerprint density at radius 3 is 2.75 bits per heavy atom. The molecule has 0 bridgehead atoms. The van der Waals surface area contributed by atoms with Crippen molar-refractivity contribution < 1.29 is 19.4 Å². The summed E-state index contributed by atoms with van der Waals surface area (Å²) in [6, 6.07) is 8.67. The first-order valence-electron chi connectivity index (χ1n) is 6.87. The highest BCUT2D eigenvalue weighted by molar-refractivity contribution is 5.81. The predicted octanol–water partition coefficient (Wildman–Crippen LogP) is 2.12. The molecule has 1 aromatic carbocycles. The van der Waals surface area contributed by atoms with E-state index in [0.717, 1.165) is 18.4 Å². The van der Waals surface area contributed by atoms with Crippen molar-refractivity contribution in [3.8, 4) is 0 Å². The number of carboxylic acid groups (broad SMARTS) is 1. The third-order valence-corrected chi connectivity index (χ3v) is 4.15. The van der Waals surface area contributed by atoms with Crippen LogP contribution >= 0.6 is 0 Å². The highest BCUT2D eigenvalue weighted by atomic mass is 16.6. The Hall–Kier alpha value is -2.04. The summed E-state index contributed by atoms with van der Waals surface area (Å²) >= 11 is 0. The van der Waals surface area contributed by atoms with E-state index in [1.54, 1.807) is 0 Å². The Labute approximate surface area is 117 Å². The molecule has 1 saturated carbocycles. The van der Waals surface area contributed by atoms with Gasteiger partial charge in [-0.3, -0.25) is 4.90 Å². The highest BCUT2D eigenvalue weighted by Crippen LogP contribution is 2.49. The number of carbonyl (C=O) groups excluding carboxylic acids is 1. The van der Waals surface area contributed by atoms with Crippen molar-refractivity contribution in [2.24, 2.45) is 11.8 Å². The van der Waals surface area contributed by atoms with Crippen LogP contribution in [0, 0.1) is 11.8 Å². The summed E-state index contributed by atoms with van der Waals surface area (Å²) < 4.78 is 5.24. The maximum absolute atomic E-state index is 12.1. The summed E-state index contributed by atoms with van der Waals surface area (Å²) in [5.74, 6) is -0.325. The van der Waals surface area contributed by atoms with E-state index in [1.807, 2.05) is 30.3 Å². The number of carbonyl (C=O) groups is 2. The van der Waals surface area contributed by atoms with E-state index in [0.29, 0.717) is 12.5 Å². The fourth-order valence-corrected chi connectivity index (χ4v) is 2.99. The van der Waals surface area contributed by atoms with Crippen LogP contribution in [-0.4, -0.2) is 34.7 Å². The third kappa shape index (κ3) is 2.48. The molecule has 3 atom stereocenters. The molecular weight excluding hydrogens is 258 g/mol. The van der Waals surface area contributed by atoms with Crippen LogP contribution in [0.25, 0.3) is 0 Å². The van der Waals surface area contributed by atoms with Crippen LogP contribution in [0.4, 0.5) is 4.79 Å². The van der Waals surface area contributed by atoms with Crippen molar-refractivity contribution in [1.82, 2.24) is 4.90 Å². The minimum atomic E-state index is -0.922. The highest BCUT2D eigenvalue weighted by Gasteiger charge is 2.53. The second-order valence-corrected chi connectivity index (χ2v) is 5.46. The molecule has 2 fully saturated rings. The summed E-state index contributed by atoms with van der Waals surface area (Å²) in [6.07, 6.45) is 1.28. The van der Waals surface area contributed by atoms with Gasteiger partial charge < -0.3 is 9.84 Å². The second kappa shape index (κ2) is 5.15. The lowest BCUT2D eigenvalue weighted by Gasteiger charge is -2.31. The number of nitrogens with zero attached hydrogens (tertiary/aromatic N) is 1. The van der Waals surface area contributed by atoms with Crippen LogP contribution in [0.2, 0.25) is 0 Å². The van der Waals surface area contributed by atoms with Crippen LogP contribution in [0.5, 0.6) is 0 Å². The summed E-state index contributed by atoms with van der Waals surface area (Å²) in [5.41, 5.74) is 0.897. The molecule has 1 amide bonds. The van der Waals surface area contributed by atoms with E-state index >= 15 is 0 Å². The normalized spacial score (nSPS) is 27.6.